The lowest BCUT2D eigenvalue weighted by molar-refractivity contribution is 0.586. The summed E-state index contributed by atoms with van der Waals surface area (Å²) in [5.41, 5.74) is 0.645. The maximum absolute atomic E-state index is 11.6. The van der Waals surface area contributed by atoms with Crippen molar-refractivity contribution in [2.45, 2.75) is 18.9 Å². The number of halogens is 1. The lowest BCUT2D eigenvalue weighted by Gasteiger charge is -2.09. The van der Waals surface area contributed by atoms with Gasteiger partial charge in [0, 0.05) is 6.04 Å². The van der Waals surface area contributed by atoms with Gasteiger partial charge in [-0.2, -0.15) is 18.4 Å². The molecule has 1 fully saturated rings. The minimum Gasteiger partial charge on any atom is -0.270 e. The standard InChI is InChI=1S/C10H10ClN3O2S/c11-9-5-7(6-12)1-4-10(9)14-17(15,16)13-8-2-3-8/h1,4-5,8,13-14H,2-3H2. The second-order valence-electron chi connectivity index (χ2n) is 3.80. The Labute approximate surface area is 105 Å². The van der Waals surface area contributed by atoms with E-state index in [2.05, 4.69) is 9.44 Å². The number of anilines is 1. The van der Waals surface area contributed by atoms with Crippen LogP contribution in [0.4, 0.5) is 5.69 Å². The van der Waals surface area contributed by atoms with Gasteiger partial charge in [0.05, 0.1) is 22.3 Å². The van der Waals surface area contributed by atoms with Crippen LogP contribution in [0.25, 0.3) is 0 Å². The van der Waals surface area contributed by atoms with Crippen LogP contribution in [0.5, 0.6) is 0 Å². The van der Waals surface area contributed by atoms with E-state index in [0.717, 1.165) is 12.8 Å². The number of nitrogens with one attached hydrogen (secondary N) is 2. The van der Waals surface area contributed by atoms with E-state index in [0.29, 0.717) is 5.56 Å². The van der Waals surface area contributed by atoms with Crippen LogP contribution in [0, 0.1) is 11.3 Å². The molecule has 2 rings (SSSR count). The van der Waals surface area contributed by atoms with E-state index in [4.69, 9.17) is 16.9 Å². The highest BCUT2D eigenvalue weighted by Gasteiger charge is 2.27. The van der Waals surface area contributed by atoms with Crippen molar-refractivity contribution in [2.24, 2.45) is 0 Å². The van der Waals surface area contributed by atoms with Crippen LogP contribution in [0.3, 0.4) is 0 Å². The third-order valence-electron chi connectivity index (χ3n) is 2.24. The fourth-order valence-corrected chi connectivity index (χ4v) is 2.75. The maximum atomic E-state index is 11.6. The van der Waals surface area contributed by atoms with Gasteiger partial charge in [0.25, 0.3) is 10.2 Å². The molecular weight excluding hydrogens is 262 g/mol. The van der Waals surface area contributed by atoms with E-state index >= 15 is 0 Å². The lowest BCUT2D eigenvalue weighted by Crippen LogP contribution is -2.31. The summed E-state index contributed by atoms with van der Waals surface area (Å²) in [6.45, 7) is 0. The normalized spacial score (nSPS) is 15.3. The van der Waals surface area contributed by atoms with Gasteiger partial charge in [0.2, 0.25) is 0 Å². The van der Waals surface area contributed by atoms with Crippen LogP contribution in [0.2, 0.25) is 5.02 Å². The van der Waals surface area contributed by atoms with Gasteiger partial charge >= 0.3 is 0 Å². The van der Waals surface area contributed by atoms with E-state index in [1.54, 1.807) is 0 Å². The van der Waals surface area contributed by atoms with Crippen molar-refractivity contribution in [3.63, 3.8) is 0 Å². The highest BCUT2D eigenvalue weighted by atomic mass is 35.5. The maximum Gasteiger partial charge on any atom is 0.299 e. The smallest absolute Gasteiger partial charge is 0.270 e. The number of benzene rings is 1. The highest BCUT2D eigenvalue weighted by molar-refractivity contribution is 7.90. The first-order valence-electron chi connectivity index (χ1n) is 5.00. The number of rotatable bonds is 4. The molecule has 0 saturated heterocycles. The van der Waals surface area contributed by atoms with Crippen molar-refractivity contribution in [1.82, 2.24) is 4.72 Å². The predicted octanol–water partition coefficient (Wildman–Crippen LogP) is 1.62. The van der Waals surface area contributed by atoms with E-state index in [-0.39, 0.29) is 16.8 Å². The van der Waals surface area contributed by atoms with Gasteiger partial charge in [-0.05, 0) is 31.0 Å². The second kappa shape index (κ2) is 4.53. The van der Waals surface area contributed by atoms with E-state index in [9.17, 15) is 8.42 Å². The summed E-state index contributed by atoms with van der Waals surface area (Å²) in [4.78, 5) is 0. The number of nitriles is 1. The molecule has 7 heteroatoms. The van der Waals surface area contributed by atoms with Gasteiger partial charge in [0.15, 0.2) is 0 Å². The summed E-state index contributed by atoms with van der Waals surface area (Å²) in [5.74, 6) is 0. The fraction of sp³-hybridized carbons (Fsp3) is 0.300. The first-order valence-corrected chi connectivity index (χ1v) is 6.86. The van der Waals surface area contributed by atoms with Crippen molar-refractivity contribution < 1.29 is 8.42 Å². The Morgan fingerprint density at radius 3 is 2.65 bits per heavy atom. The summed E-state index contributed by atoms with van der Waals surface area (Å²) in [6, 6.07) is 6.33. The molecule has 1 saturated carbocycles. The van der Waals surface area contributed by atoms with Gasteiger partial charge in [-0.1, -0.05) is 11.6 Å². The van der Waals surface area contributed by atoms with Gasteiger partial charge in [-0.15, -0.1) is 0 Å². The number of hydrogen-bond acceptors (Lipinski definition) is 3. The number of nitrogens with zero attached hydrogens (tertiary/aromatic N) is 1. The molecule has 0 radical (unpaired) electrons. The van der Waals surface area contributed by atoms with Crippen molar-refractivity contribution in [3.05, 3.63) is 28.8 Å². The lowest BCUT2D eigenvalue weighted by atomic mass is 10.2. The summed E-state index contributed by atoms with van der Waals surface area (Å²) in [5, 5.41) is 8.85. The molecule has 1 aromatic rings. The molecule has 5 nitrogen and oxygen atoms in total. The monoisotopic (exact) mass is 271 g/mol. The van der Waals surface area contributed by atoms with Crippen molar-refractivity contribution >= 4 is 27.5 Å². The average molecular weight is 272 g/mol. The molecule has 1 aliphatic carbocycles. The molecule has 0 bridgehead atoms. The molecule has 0 atom stereocenters. The topological polar surface area (TPSA) is 82.0 Å². The molecule has 2 N–H and O–H groups in total. The fourth-order valence-electron chi connectivity index (χ4n) is 1.26. The van der Waals surface area contributed by atoms with Gasteiger partial charge in [-0.25, -0.2) is 0 Å². The minimum absolute atomic E-state index is 0.0321. The van der Waals surface area contributed by atoms with Crippen molar-refractivity contribution in [3.8, 4) is 6.07 Å². The quantitative estimate of drug-likeness (QED) is 0.873. The van der Waals surface area contributed by atoms with E-state index < -0.39 is 10.2 Å². The highest BCUT2D eigenvalue weighted by Crippen LogP contribution is 2.25. The van der Waals surface area contributed by atoms with Crippen LogP contribution in [0.1, 0.15) is 18.4 Å². The summed E-state index contributed by atoms with van der Waals surface area (Å²) in [6.07, 6.45) is 1.73. The zero-order valence-corrected chi connectivity index (χ0v) is 10.3. The van der Waals surface area contributed by atoms with Crippen LogP contribution in [-0.2, 0) is 10.2 Å². The molecule has 1 aromatic carbocycles. The first kappa shape index (κ1) is 12.2. The Morgan fingerprint density at radius 2 is 2.12 bits per heavy atom. The SMILES string of the molecule is N#Cc1ccc(NS(=O)(=O)NC2CC2)c(Cl)c1. The Balaban J connectivity index is 2.15. The van der Waals surface area contributed by atoms with Crippen LogP contribution < -0.4 is 9.44 Å². The number of hydrogen-bond donors (Lipinski definition) is 2. The van der Waals surface area contributed by atoms with Crippen LogP contribution >= 0.6 is 11.6 Å². The molecule has 0 aromatic heterocycles. The Hall–Kier alpha value is -1.29. The average Bonchev–Trinajstić information content (AvgIpc) is 3.04. The van der Waals surface area contributed by atoms with Gasteiger partial charge in [-0.3, -0.25) is 4.72 Å². The Kier molecular flexibility index (Phi) is 3.24. The molecule has 0 amide bonds. The molecular formula is C10H10ClN3O2S. The third-order valence-corrected chi connectivity index (χ3v) is 3.69. The van der Waals surface area contributed by atoms with Crippen molar-refractivity contribution in [2.75, 3.05) is 4.72 Å². The minimum atomic E-state index is -3.58. The predicted molar refractivity (Wildman–Crippen MR) is 64.9 cm³/mol. The molecule has 17 heavy (non-hydrogen) atoms. The Morgan fingerprint density at radius 1 is 1.41 bits per heavy atom. The van der Waals surface area contributed by atoms with Crippen LogP contribution in [0.15, 0.2) is 18.2 Å². The molecule has 90 valence electrons. The van der Waals surface area contributed by atoms with Crippen LogP contribution in [-0.4, -0.2) is 14.5 Å². The van der Waals surface area contributed by atoms with E-state index in [1.807, 2.05) is 6.07 Å². The van der Waals surface area contributed by atoms with Crippen molar-refractivity contribution in [1.29, 1.82) is 5.26 Å². The van der Waals surface area contributed by atoms with E-state index in [1.165, 1.54) is 18.2 Å². The first-order chi connectivity index (χ1) is 8.00. The van der Waals surface area contributed by atoms with Gasteiger partial charge < -0.3 is 0 Å². The Bertz CT molecular complexity index is 576. The molecule has 0 heterocycles. The zero-order valence-electron chi connectivity index (χ0n) is 8.77. The molecule has 0 spiro atoms. The third kappa shape index (κ3) is 3.33. The van der Waals surface area contributed by atoms with Gasteiger partial charge in [0.1, 0.15) is 0 Å². The summed E-state index contributed by atoms with van der Waals surface area (Å²) < 4.78 is 28.0. The summed E-state index contributed by atoms with van der Waals surface area (Å²) >= 11 is 5.86. The molecule has 0 unspecified atom stereocenters. The molecule has 0 aliphatic heterocycles. The zero-order chi connectivity index (χ0) is 12.5. The molecule has 1 aliphatic rings. The largest absolute Gasteiger partial charge is 0.299 e. The second-order valence-corrected chi connectivity index (χ2v) is 5.66. The summed E-state index contributed by atoms with van der Waals surface area (Å²) in [7, 11) is -3.58.